The van der Waals surface area contributed by atoms with Crippen molar-refractivity contribution in [3.8, 4) is 0 Å². The molecule has 27 heavy (non-hydrogen) atoms. The standard InChI is InChI=1S/C21H29N3O3/c1-16(2)18-7-5-17(6-8-18)13-24-11-4-10-21(26,20(24)25)15-23(3)14-19-9-12-27-22-19/h5-9,12,16,26H,4,10-11,13-15H2,1-3H3/t21-/m1/s1. The Labute approximate surface area is 160 Å². The van der Waals surface area contributed by atoms with Crippen molar-refractivity contribution in [1.82, 2.24) is 15.0 Å². The van der Waals surface area contributed by atoms with E-state index in [-0.39, 0.29) is 12.5 Å². The minimum absolute atomic E-state index is 0.186. The molecule has 2 heterocycles. The molecule has 6 heteroatoms. The van der Waals surface area contributed by atoms with E-state index < -0.39 is 5.60 Å². The van der Waals surface area contributed by atoms with Gasteiger partial charge in [0, 0.05) is 32.2 Å². The smallest absolute Gasteiger partial charge is 0.256 e. The average Bonchev–Trinajstić information content (AvgIpc) is 3.12. The lowest BCUT2D eigenvalue weighted by Gasteiger charge is -2.40. The molecule has 0 unspecified atom stereocenters. The van der Waals surface area contributed by atoms with Gasteiger partial charge >= 0.3 is 0 Å². The van der Waals surface area contributed by atoms with Gasteiger partial charge in [0.05, 0.1) is 5.69 Å². The number of hydrogen-bond acceptors (Lipinski definition) is 5. The molecule has 6 nitrogen and oxygen atoms in total. The maximum atomic E-state index is 13.0. The molecule has 1 N–H and O–H groups in total. The number of carbonyl (C=O) groups is 1. The number of benzene rings is 1. The van der Waals surface area contributed by atoms with Crippen LogP contribution >= 0.6 is 0 Å². The third-order valence-electron chi connectivity index (χ3n) is 5.18. The highest BCUT2D eigenvalue weighted by atomic mass is 16.5. The molecule has 0 aliphatic carbocycles. The normalized spacial score (nSPS) is 20.7. The molecular weight excluding hydrogens is 342 g/mol. The van der Waals surface area contributed by atoms with E-state index in [1.54, 1.807) is 11.0 Å². The third kappa shape index (κ3) is 4.76. The van der Waals surface area contributed by atoms with Crippen molar-refractivity contribution in [2.75, 3.05) is 20.1 Å². The summed E-state index contributed by atoms with van der Waals surface area (Å²) in [5, 5.41) is 14.9. The van der Waals surface area contributed by atoms with Crippen LogP contribution in [0.1, 0.15) is 49.4 Å². The molecule has 1 amide bonds. The molecule has 1 fully saturated rings. The van der Waals surface area contributed by atoms with Crippen molar-refractivity contribution < 1.29 is 14.4 Å². The van der Waals surface area contributed by atoms with Crippen LogP contribution in [-0.4, -0.2) is 51.7 Å². The minimum Gasteiger partial charge on any atom is -0.379 e. The Bertz CT molecular complexity index is 743. The fourth-order valence-corrected chi connectivity index (χ4v) is 3.69. The van der Waals surface area contributed by atoms with E-state index in [9.17, 15) is 9.90 Å². The van der Waals surface area contributed by atoms with Gasteiger partial charge in [-0.05, 0) is 36.9 Å². The number of piperidine rings is 1. The summed E-state index contributed by atoms with van der Waals surface area (Å²) in [6, 6.07) is 10.2. The Balaban J connectivity index is 1.63. The number of rotatable bonds is 7. The van der Waals surface area contributed by atoms with Crippen LogP contribution in [0.2, 0.25) is 0 Å². The molecule has 0 saturated carbocycles. The second kappa shape index (κ2) is 8.23. The SMILES string of the molecule is CC(C)c1ccc(CN2CCC[C@@](O)(CN(C)Cc3ccon3)C2=O)cc1. The lowest BCUT2D eigenvalue weighted by molar-refractivity contribution is -0.160. The van der Waals surface area contributed by atoms with Gasteiger partial charge in [0.2, 0.25) is 0 Å². The molecule has 1 aromatic carbocycles. The van der Waals surface area contributed by atoms with Gasteiger partial charge in [-0.1, -0.05) is 43.3 Å². The van der Waals surface area contributed by atoms with E-state index in [2.05, 4.69) is 43.3 Å². The number of nitrogens with zero attached hydrogens (tertiary/aromatic N) is 3. The van der Waals surface area contributed by atoms with E-state index in [0.717, 1.165) is 17.7 Å². The summed E-state index contributed by atoms with van der Waals surface area (Å²) in [5.74, 6) is 0.301. The molecule has 1 aliphatic heterocycles. The second-order valence-corrected chi connectivity index (χ2v) is 7.92. The van der Waals surface area contributed by atoms with Crippen LogP contribution in [0.25, 0.3) is 0 Å². The van der Waals surface area contributed by atoms with Crippen molar-refractivity contribution >= 4 is 5.91 Å². The molecule has 0 radical (unpaired) electrons. The van der Waals surface area contributed by atoms with Gasteiger partial charge in [0.15, 0.2) is 5.60 Å². The van der Waals surface area contributed by atoms with Crippen LogP contribution in [-0.2, 0) is 17.9 Å². The number of hydrogen-bond donors (Lipinski definition) is 1. The van der Waals surface area contributed by atoms with Gasteiger partial charge < -0.3 is 14.5 Å². The number of carbonyl (C=O) groups excluding carboxylic acids is 1. The second-order valence-electron chi connectivity index (χ2n) is 7.92. The van der Waals surface area contributed by atoms with Crippen LogP contribution in [0.15, 0.2) is 41.1 Å². The number of aliphatic hydroxyl groups is 1. The monoisotopic (exact) mass is 371 g/mol. The van der Waals surface area contributed by atoms with E-state index in [4.69, 9.17) is 4.52 Å². The Morgan fingerprint density at radius 1 is 1.30 bits per heavy atom. The van der Waals surface area contributed by atoms with Gasteiger partial charge in [0.25, 0.3) is 5.91 Å². The largest absolute Gasteiger partial charge is 0.379 e. The minimum atomic E-state index is -1.35. The molecule has 0 spiro atoms. The molecule has 1 atom stereocenters. The van der Waals surface area contributed by atoms with Crippen LogP contribution in [0.3, 0.4) is 0 Å². The lowest BCUT2D eigenvalue weighted by Crippen LogP contribution is -2.57. The first-order chi connectivity index (χ1) is 12.9. The molecule has 2 aromatic rings. The highest BCUT2D eigenvalue weighted by molar-refractivity contribution is 5.86. The Hall–Kier alpha value is -2.18. The molecule has 146 valence electrons. The Morgan fingerprint density at radius 2 is 2.04 bits per heavy atom. The van der Waals surface area contributed by atoms with Gasteiger partial charge in [-0.15, -0.1) is 0 Å². The van der Waals surface area contributed by atoms with Gasteiger partial charge in [0.1, 0.15) is 6.26 Å². The van der Waals surface area contributed by atoms with Gasteiger partial charge in [-0.25, -0.2) is 0 Å². The predicted molar refractivity (Wildman–Crippen MR) is 103 cm³/mol. The first-order valence-electron chi connectivity index (χ1n) is 9.56. The quantitative estimate of drug-likeness (QED) is 0.810. The van der Waals surface area contributed by atoms with Crippen molar-refractivity contribution in [3.63, 3.8) is 0 Å². The Morgan fingerprint density at radius 3 is 2.67 bits per heavy atom. The van der Waals surface area contributed by atoms with Crippen LogP contribution in [0, 0.1) is 0 Å². The van der Waals surface area contributed by atoms with Crippen molar-refractivity contribution in [3.05, 3.63) is 53.4 Å². The summed E-state index contributed by atoms with van der Waals surface area (Å²) in [6.07, 6.45) is 2.80. The number of amides is 1. The van der Waals surface area contributed by atoms with E-state index in [1.807, 2.05) is 11.9 Å². The first kappa shape index (κ1) is 19.6. The first-order valence-corrected chi connectivity index (χ1v) is 9.56. The van der Waals surface area contributed by atoms with Crippen LogP contribution in [0.5, 0.6) is 0 Å². The third-order valence-corrected chi connectivity index (χ3v) is 5.18. The van der Waals surface area contributed by atoms with Gasteiger partial charge in [-0.2, -0.15) is 0 Å². The van der Waals surface area contributed by atoms with E-state index >= 15 is 0 Å². The molecule has 3 rings (SSSR count). The number of likely N-dealkylation sites (tertiary alicyclic amines) is 1. The highest BCUT2D eigenvalue weighted by Gasteiger charge is 2.42. The van der Waals surface area contributed by atoms with E-state index in [0.29, 0.717) is 32.0 Å². The topological polar surface area (TPSA) is 69.8 Å². The fourth-order valence-electron chi connectivity index (χ4n) is 3.69. The number of aromatic nitrogens is 1. The predicted octanol–water partition coefficient (Wildman–Crippen LogP) is 2.78. The summed E-state index contributed by atoms with van der Waals surface area (Å²) in [5.41, 5.74) is 1.81. The summed E-state index contributed by atoms with van der Waals surface area (Å²) in [4.78, 5) is 16.7. The molecule has 1 aromatic heterocycles. The summed E-state index contributed by atoms with van der Waals surface area (Å²) in [7, 11) is 1.88. The lowest BCUT2D eigenvalue weighted by atomic mass is 9.90. The van der Waals surface area contributed by atoms with Crippen LogP contribution in [0.4, 0.5) is 0 Å². The molecule has 0 bridgehead atoms. The summed E-state index contributed by atoms with van der Waals surface area (Å²) >= 11 is 0. The summed E-state index contributed by atoms with van der Waals surface area (Å²) in [6.45, 7) is 6.36. The van der Waals surface area contributed by atoms with Crippen LogP contribution < -0.4 is 0 Å². The summed E-state index contributed by atoms with van der Waals surface area (Å²) < 4.78 is 4.84. The fraction of sp³-hybridized carbons (Fsp3) is 0.524. The highest BCUT2D eigenvalue weighted by Crippen LogP contribution is 2.26. The van der Waals surface area contributed by atoms with Crippen molar-refractivity contribution in [2.24, 2.45) is 0 Å². The maximum Gasteiger partial charge on any atom is 0.256 e. The van der Waals surface area contributed by atoms with E-state index in [1.165, 1.54) is 11.8 Å². The zero-order chi connectivity index (χ0) is 19.4. The van der Waals surface area contributed by atoms with Crippen molar-refractivity contribution in [1.29, 1.82) is 0 Å². The number of likely N-dealkylation sites (N-methyl/N-ethyl adjacent to an activating group) is 1. The van der Waals surface area contributed by atoms with Crippen molar-refractivity contribution in [2.45, 2.75) is 51.3 Å². The zero-order valence-electron chi connectivity index (χ0n) is 16.4. The molecular formula is C21H29N3O3. The average molecular weight is 371 g/mol. The Kier molecular flexibility index (Phi) is 5.97. The maximum absolute atomic E-state index is 13.0. The van der Waals surface area contributed by atoms with Gasteiger partial charge in [-0.3, -0.25) is 9.69 Å². The zero-order valence-corrected chi connectivity index (χ0v) is 16.4. The molecule has 1 aliphatic rings. The molecule has 1 saturated heterocycles.